The summed E-state index contributed by atoms with van der Waals surface area (Å²) in [5, 5.41) is 11.3. The largest absolute Gasteiger partial charge is 0.493 e. The molecule has 0 spiro atoms. The van der Waals surface area contributed by atoms with Crippen LogP contribution in [0.25, 0.3) is 0 Å². The minimum Gasteiger partial charge on any atom is -0.493 e. The van der Waals surface area contributed by atoms with Gasteiger partial charge in [-0.25, -0.2) is 0 Å². The lowest BCUT2D eigenvalue weighted by Crippen LogP contribution is -2.51. The Morgan fingerprint density at radius 3 is 2.71 bits per heavy atom. The van der Waals surface area contributed by atoms with E-state index >= 15 is 0 Å². The fourth-order valence-corrected chi connectivity index (χ4v) is 3.63. The van der Waals surface area contributed by atoms with Gasteiger partial charge in [0.1, 0.15) is 5.75 Å². The van der Waals surface area contributed by atoms with Crippen LogP contribution in [0.15, 0.2) is 41.7 Å². The maximum absolute atomic E-state index is 5.76. The molecule has 2 N–H and O–H groups in total. The highest BCUT2D eigenvalue weighted by molar-refractivity contribution is 14.0. The van der Waals surface area contributed by atoms with Crippen molar-refractivity contribution in [1.29, 1.82) is 0 Å². The minimum atomic E-state index is 0. The van der Waals surface area contributed by atoms with Crippen molar-refractivity contribution in [1.82, 2.24) is 20.4 Å². The number of piperidine rings is 1. The zero-order chi connectivity index (χ0) is 21.3. The molecule has 2 aromatic rings. The summed E-state index contributed by atoms with van der Waals surface area (Å²) in [5.41, 5.74) is 2.48. The lowest BCUT2D eigenvalue weighted by atomic mass is 10.1. The van der Waals surface area contributed by atoms with Crippen LogP contribution in [0.3, 0.4) is 0 Å². The molecule has 1 aliphatic heterocycles. The van der Waals surface area contributed by atoms with Crippen molar-refractivity contribution in [2.24, 2.45) is 18.0 Å². The summed E-state index contributed by atoms with van der Waals surface area (Å²) in [5.74, 6) is 2.34. The van der Waals surface area contributed by atoms with Crippen LogP contribution in [-0.4, -0.2) is 55.1 Å². The maximum Gasteiger partial charge on any atom is 0.191 e. The predicted molar refractivity (Wildman–Crippen MR) is 139 cm³/mol. The molecule has 1 aromatic heterocycles. The number of halogens is 1. The van der Waals surface area contributed by atoms with E-state index in [9.17, 15) is 0 Å². The van der Waals surface area contributed by atoms with Crippen LogP contribution in [-0.2, 0) is 13.5 Å². The molecule has 1 saturated heterocycles. The molecule has 0 bridgehead atoms. The van der Waals surface area contributed by atoms with Crippen molar-refractivity contribution < 1.29 is 4.74 Å². The first-order valence-corrected chi connectivity index (χ1v) is 11.0. The van der Waals surface area contributed by atoms with Crippen molar-refractivity contribution in [2.45, 2.75) is 39.2 Å². The number of aryl methyl sites for hydroxylation is 1. The molecule has 1 aliphatic rings. The molecule has 0 amide bonds. The number of guanidine groups is 1. The average molecular weight is 540 g/mol. The minimum absolute atomic E-state index is 0. The van der Waals surface area contributed by atoms with Crippen LogP contribution < -0.4 is 20.3 Å². The van der Waals surface area contributed by atoms with Crippen LogP contribution in [0.5, 0.6) is 5.75 Å². The second-order valence-electron chi connectivity index (χ2n) is 8.40. The van der Waals surface area contributed by atoms with Gasteiger partial charge in [0.2, 0.25) is 0 Å². The number of hydrogen-bond donors (Lipinski definition) is 2. The molecular formula is C23H37IN6O. The van der Waals surface area contributed by atoms with Gasteiger partial charge in [-0.3, -0.25) is 9.67 Å². The van der Waals surface area contributed by atoms with Crippen molar-refractivity contribution in [3.05, 3.63) is 42.2 Å². The fraction of sp³-hybridized carbons (Fsp3) is 0.565. The summed E-state index contributed by atoms with van der Waals surface area (Å²) >= 11 is 0. The maximum atomic E-state index is 5.76. The molecular weight excluding hydrogens is 503 g/mol. The van der Waals surface area contributed by atoms with Crippen molar-refractivity contribution >= 4 is 35.6 Å². The summed E-state index contributed by atoms with van der Waals surface area (Å²) in [6.45, 7) is 7.94. The zero-order valence-corrected chi connectivity index (χ0v) is 21.5. The van der Waals surface area contributed by atoms with E-state index in [2.05, 4.69) is 69.9 Å². The lowest BCUT2D eigenvalue weighted by molar-refractivity contribution is 0.271. The van der Waals surface area contributed by atoms with Gasteiger partial charge in [0.05, 0.1) is 18.5 Å². The molecule has 7 nitrogen and oxygen atoms in total. The van der Waals surface area contributed by atoms with E-state index in [-0.39, 0.29) is 24.0 Å². The molecule has 3 rings (SSSR count). The second kappa shape index (κ2) is 12.8. The van der Waals surface area contributed by atoms with Gasteiger partial charge in [-0.05, 0) is 42.9 Å². The smallest absolute Gasteiger partial charge is 0.191 e. The van der Waals surface area contributed by atoms with Gasteiger partial charge in [-0.2, -0.15) is 5.10 Å². The lowest BCUT2D eigenvalue weighted by Gasteiger charge is -2.34. The third-order valence-corrected chi connectivity index (χ3v) is 5.26. The Kier molecular flexibility index (Phi) is 10.4. The summed E-state index contributed by atoms with van der Waals surface area (Å²) < 4.78 is 7.61. The molecule has 0 saturated carbocycles. The third kappa shape index (κ3) is 8.23. The van der Waals surface area contributed by atoms with E-state index in [4.69, 9.17) is 4.74 Å². The standard InChI is InChI=1S/C23H36N6O.HI/c1-18(2)17-30-22-9-7-19(8-10-22)11-12-25-23(24-3)27-20-6-5-13-29(15-20)21-14-26-28(4)16-21;/h7-10,14,16,18,20H,5-6,11-13,15,17H2,1-4H3,(H2,24,25,27);1H. The number of nitrogens with zero attached hydrogens (tertiary/aromatic N) is 4. The Morgan fingerprint density at radius 1 is 1.29 bits per heavy atom. The number of nitrogens with one attached hydrogen (secondary N) is 2. The van der Waals surface area contributed by atoms with Gasteiger partial charge >= 0.3 is 0 Å². The Hall–Kier alpha value is -1.97. The molecule has 1 aromatic carbocycles. The zero-order valence-electron chi connectivity index (χ0n) is 19.2. The van der Waals surface area contributed by atoms with Crippen molar-refractivity contribution in [2.75, 3.05) is 38.2 Å². The van der Waals surface area contributed by atoms with Gasteiger partial charge in [0.25, 0.3) is 0 Å². The van der Waals surface area contributed by atoms with Crippen molar-refractivity contribution in [3.63, 3.8) is 0 Å². The number of aliphatic imine (C=N–C) groups is 1. The van der Waals surface area contributed by atoms with Gasteiger partial charge in [-0.15, -0.1) is 24.0 Å². The summed E-state index contributed by atoms with van der Waals surface area (Å²) in [6, 6.07) is 8.77. The van der Waals surface area contributed by atoms with E-state index < -0.39 is 0 Å². The van der Waals surface area contributed by atoms with Gasteiger partial charge < -0.3 is 20.3 Å². The van der Waals surface area contributed by atoms with E-state index in [1.807, 2.05) is 25.0 Å². The Bertz CT molecular complexity index is 805. The van der Waals surface area contributed by atoms with E-state index in [1.54, 1.807) is 0 Å². The molecule has 31 heavy (non-hydrogen) atoms. The SMILES string of the molecule is CN=C(NCCc1ccc(OCC(C)C)cc1)NC1CCCN(c2cnn(C)c2)C1.I. The second-order valence-corrected chi connectivity index (χ2v) is 8.40. The molecule has 1 unspecified atom stereocenters. The molecule has 0 radical (unpaired) electrons. The monoisotopic (exact) mass is 540 g/mol. The molecule has 1 atom stereocenters. The summed E-state index contributed by atoms with van der Waals surface area (Å²) in [7, 11) is 3.79. The highest BCUT2D eigenvalue weighted by Gasteiger charge is 2.21. The summed E-state index contributed by atoms with van der Waals surface area (Å²) in [6.07, 6.45) is 7.27. The van der Waals surface area contributed by atoms with Gasteiger partial charge in [0.15, 0.2) is 5.96 Å². The number of benzene rings is 1. The number of anilines is 1. The van der Waals surface area contributed by atoms with Crippen molar-refractivity contribution in [3.8, 4) is 5.75 Å². The first-order chi connectivity index (χ1) is 14.5. The van der Waals surface area contributed by atoms with E-state index in [0.717, 1.165) is 57.2 Å². The quantitative estimate of drug-likeness (QED) is 0.305. The van der Waals surface area contributed by atoms with E-state index in [1.165, 1.54) is 11.3 Å². The van der Waals surface area contributed by atoms with Crippen LogP contribution >= 0.6 is 24.0 Å². The third-order valence-electron chi connectivity index (χ3n) is 5.26. The first-order valence-electron chi connectivity index (χ1n) is 11.0. The number of aromatic nitrogens is 2. The summed E-state index contributed by atoms with van der Waals surface area (Å²) in [4.78, 5) is 6.80. The number of ether oxygens (including phenoxy) is 1. The van der Waals surface area contributed by atoms with Crippen LogP contribution in [0.2, 0.25) is 0 Å². The Morgan fingerprint density at radius 2 is 2.06 bits per heavy atom. The first kappa shape index (κ1) is 25.3. The highest BCUT2D eigenvalue weighted by atomic mass is 127. The molecule has 172 valence electrons. The molecule has 2 heterocycles. The Labute approximate surface area is 203 Å². The fourth-order valence-electron chi connectivity index (χ4n) is 3.63. The van der Waals surface area contributed by atoms with Gasteiger partial charge in [0, 0.05) is 46.0 Å². The molecule has 8 heteroatoms. The highest BCUT2D eigenvalue weighted by Crippen LogP contribution is 2.19. The Balaban J connectivity index is 0.00000341. The number of hydrogen-bond acceptors (Lipinski definition) is 4. The molecule has 1 fully saturated rings. The van der Waals surface area contributed by atoms with E-state index in [0.29, 0.717) is 12.0 Å². The van der Waals surface area contributed by atoms with Crippen LogP contribution in [0.4, 0.5) is 5.69 Å². The predicted octanol–water partition coefficient (Wildman–Crippen LogP) is 3.45. The molecule has 0 aliphatic carbocycles. The number of rotatable bonds is 8. The topological polar surface area (TPSA) is 66.7 Å². The van der Waals surface area contributed by atoms with Crippen LogP contribution in [0.1, 0.15) is 32.3 Å². The van der Waals surface area contributed by atoms with Gasteiger partial charge in [-0.1, -0.05) is 26.0 Å². The normalized spacial score (nSPS) is 16.7. The van der Waals surface area contributed by atoms with Crippen LogP contribution in [0, 0.1) is 5.92 Å². The average Bonchev–Trinajstić information content (AvgIpc) is 3.19.